The smallest absolute Gasteiger partial charge is 0.303 e. The summed E-state index contributed by atoms with van der Waals surface area (Å²) in [6.45, 7) is 4.40. The highest BCUT2D eigenvalue weighted by atomic mass is 32.1. The number of carboxylic acids is 1. The molecule has 1 aromatic heterocycles. The molecule has 1 aromatic rings. The Kier molecular flexibility index (Phi) is 5.09. The first kappa shape index (κ1) is 13.6. The monoisotopic (exact) mass is 256 g/mol. The molecule has 6 heteroatoms. The first-order valence-electron chi connectivity index (χ1n) is 5.39. The number of rotatable bonds is 6. The predicted octanol–water partition coefficient (Wildman–Crippen LogP) is 1.54. The maximum absolute atomic E-state index is 11.3. The maximum Gasteiger partial charge on any atom is 0.303 e. The van der Waals surface area contributed by atoms with Gasteiger partial charge in [-0.15, -0.1) is 11.3 Å². The molecule has 0 saturated carbocycles. The third kappa shape index (κ3) is 4.95. The molecule has 0 aliphatic carbocycles. The normalized spacial score (nSPS) is 12.1. The van der Waals surface area contributed by atoms with Gasteiger partial charge in [0.15, 0.2) is 0 Å². The van der Waals surface area contributed by atoms with Gasteiger partial charge in [0, 0.05) is 30.0 Å². The summed E-state index contributed by atoms with van der Waals surface area (Å²) >= 11 is 1.57. The minimum absolute atomic E-state index is 0.0267. The molecule has 0 saturated heterocycles. The molecule has 1 rings (SSSR count). The Labute approximate surface area is 104 Å². The molecule has 1 atom stereocenters. The Balaban J connectivity index is 2.30. The van der Waals surface area contributed by atoms with E-state index in [1.165, 1.54) is 0 Å². The van der Waals surface area contributed by atoms with Crippen LogP contribution < -0.4 is 5.32 Å². The van der Waals surface area contributed by atoms with Crippen molar-refractivity contribution in [3.05, 3.63) is 16.1 Å². The minimum atomic E-state index is -0.955. The number of nitrogens with one attached hydrogen (secondary N) is 1. The molecule has 0 aromatic carbocycles. The zero-order chi connectivity index (χ0) is 12.8. The highest BCUT2D eigenvalue weighted by Crippen LogP contribution is 2.18. The summed E-state index contributed by atoms with van der Waals surface area (Å²) < 4.78 is 0. The zero-order valence-electron chi connectivity index (χ0n) is 9.90. The van der Waals surface area contributed by atoms with Crippen LogP contribution >= 0.6 is 11.3 Å². The van der Waals surface area contributed by atoms with Crippen LogP contribution in [0.15, 0.2) is 5.38 Å². The third-order valence-corrected chi connectivity index (χ3v) is 3.42. The molecular formula is C11H16N2O3S. The summed E-state index contributed by atoms with van der Waals surface area (Å²) in [7, 11) is 0. The second kappa shape index (κ2) is 6.34. The molecule has 94 valence electrons. The standard InChI is InChI=1S/C11H16N2O3S/c1-7(11-13-8(2)6-17-11)5-12-9(14)3-4-10(15)16/h6-7H,3-5H2,1-2H3,(H,12,14)(H,15,16). The number of nitrogens with zero attached hydrogens (tertiary/aromatic N) is 1. The van der Waals surface area contributed by atoms with E-state index < -0.39 is 5.97 Å². The topological polar surface area (TPSA) is 79.3 Å². The minimum Gasteiger partial charge on any atom is -0.481 e. The highest BCUT2D eigenvalue weighted by Gasteiger charge is 2.11. The average molecular weight is 256 g/mol. The summed E-state index contributed by atoms with van der Waals surface area (Å²) in [5.74, 6) is -1.03. The van der Waals surface area contributed by atoms with Gasteiger partial charge in [-0.25, -0.2) is 4.98 Å². The van der Waals surface area contributed by atoms with Crippen LogP contribution in [0.5, 0.6) is 0 Å². The molecule has 0 aliphatic heterocycles. The average Bonchev–Trinajstić information content (AvgIpc) is 2.70. The van der Waals surface area contributed by atoms with Crippen molar-refractivity contribution in [1.82, 2.24) is 10.3 Å². The number of carboxylic acid groups (broad SMARTS) is 1. The van der Waals surface area contributed by atoms with Gasteiger partial charge in [0.2, 0.25) is 5.91 Å². The zero-order valence-corrected chi connectivity index (χ0v) is 10.7. The number of thiazole rings is 1. The first-order chi connectivity index (χ1) is 7.99. The van der Waals surface area contributed by atoms with E-state index in [9.17, 15) is 9.59 Å². The number of carbonyl (C=O) groups excluding carboxylic acids is 1. The summed E-state index contributed by atoms with van der Waals surface area (Å²) in [5, 5.41) is 14.1. The van der Waals surface area contributed by atoms with Crippen LogP contribution in [0.4, 0.5) is 0 Å². The van der Waals surface area contributed by atoms with Gasteiger partial charge in [-0.2, -0.15) is 0 Å². The molecule has 5 nitrogen and oxygen atoms in total. The number of aliphatic carboxylic acids is 1. The number of hydrogen-bond acceptors (Lipinski definition) is 4. The van der Waals surface area contributed by atoms with E-state index in [2.05, 4.69) is 10.3 Å². The van der Waals surface area contributed by atoms with E-state index in [-0.39, 0.29) is 24.7 Å². The Morgan fingerprint density at radius 3 is 2.76 bits per heavy atom. The van der Waals surface area contributed by atoms with E-state index in [0.717, 1.165) is 10.7 Å². The fourth-order valence-corrected chi connectivity index (χ4v) is 2.12. The Morgan fingerprint density at radius 1 is 1.53 bits per heavy atom. The van der Waals surface area contributed by atoms with E-state index in [1.54, 1.807) is 11.3 Å². The van der Waals surface area contributed by atoms with E-state index >= 15 is 0 Å². The Morgan fingerprint density at radius 2 is 2.24 bits per heavy atom. The fourth-order valence-electron chi connectivity index (χ4n) is 1.26. The number of aromatic nitrogens is 1. The lowest BCUT2D eigenvalue weighted by Gasteiger charge is -2.09. The molecule has 0 radical (unpaired) electrons. The van der Waals surface area contributed by atoms with E-state index in [1.807, 2.05) is 19.2 Å². The fraction of sp³-hybridized carbons (Fsp3) is 0.545. The summed E-state index contributed by atoms with van der Waals surface area (Å²) in [5.41, 5.74) is 0.981. The number of carbonyl (C=O) groups is 2. The van der Waals surface area contributed by atoms with Crippen LogP contribution in [-0.4, -0.2) is 28.5 Å². The quantitative estimate of drug-likeness (QED) is 0.809. The van der Waals surface area contributed by atoms with Crippen molar-refractivity contribution < 1.29 is 14.7 Å². The molecule has 0 spiro atoms. The van der Waals surface area contributed by atoms with Crippen LogP contribution in [0.2, 0.25) is 0 Å². The second-order valence-electron chi connectivity index (χ2n) is 3.93. The van der Waals surface area contributed by atoms with Gasteiger partial charge >= 0.3 is 5.97 Å². The number of hydrogen-bond donors (Lipinski definition) is 2. The van der Waals surface area contributed by atoms with Crippen molar-refractivity contribution in [1.29, 1.82) is 0 Å². The summed E-state index contributed by atoms with van der Waals surface area (Å²) in [6, 6.07) is 0. The van der Waals surface area contributed by atoms with Crippen LogP contribution in [0.3, 0.4) is 0 Å². The van der Waals surface area contributed by atoms with Gasteiger partial charge in [0.1, 0.15) is 0 Å². The molecule has 1 unspecified atom stereocenters. The van der Waals surface area contributed by atoms with Crippen LogP contribution in [0, 0.1) is 6.92 Å². The Hall–Kier alpha value is -1.43. The van der Waals surface area contributed by atoms with Crippen molar-refractivity contribution in [3.63, 3.8) is 0 Å². The maximum atomic E-state index is 11.3. The molecule has 17 heavy (non-hydrogen) atoms. The van der Waals surface area contributed by atoms with Crippen molar-refractivity contribution >= 4 is 23.2 Å². The molecule has 0 aliphatic rings. The lowest BCUT2D eigenvalue weighted by atomic mass is 10.2. The van der Waals surface area contributed by atoms with Gasteiger partial charge < -0.3 is 10.4 Å². The van der Waals surface area contributed by atoms with Crippen molar-refractivity contribution in [2.45, 2.75) is 32.6 Å². The van der Waals surface area contributed by atoms with E-state index in [4.69, 9.17) is 5.11 Å². The van der Waals surface area contributed by atoms with Gasteiger partial charge in [0.25, 0.3) is 0 Å². The van der Waals surface area contributed by atoms with Crippen molar-refractivity contribution in [2.24, 2.45) is 0 Å². The van der Waals surface area contributed by atoms with Crippen LogP contribution in [0.1, 0.15) is 36.4 Å². The first-order valence-corrected chi connectivity index (χ1v) is 6.27. The number of aryl methyl sites for hydroxylation is 1. The number of amides is 1. The SMILES string of the molecule is Cc1csc(C(C)CNC(=O)CCC(=O)O)n1. The summed E-state index contributed by atoms with van der Waals surface area (Å²) in [6.07, 6.45) is -0.102. The van der Waals surface area contributed by atoms with Gasteiger partial charge in [-0.05, 0) is 6.92 Å². The van der Waals surface area contributed by atoms with Crippen molar-refractivity contribution in [2.75, 3.05) is 6.54 Å². The molecule has 1 heterocycles. The van der Waals surface area contributed by atoms with Crippen LogP contribution in [0.25, 0.3) is 0 Å². The highest BCUT2D eigenvalue weighted by molar-refractivity contribution is 7.09. The molecule has 1 amide bonds. The summed E-state index contributed by atoms with van der Waals surface area (Å²) in [4.78, 5) is 25.9. The third-order valence-electron chi connectivity index (χ3n) is 2.23. The lowest BCUT2D eigenvalue weighted by Crippen LogP contribution is -2.27. The molecular weight excluding hydrogens is 240 g/mol. The van der Waals surface area contributed by atoms with E-state index in [0.29, 0.717) is 6.54 Å². The largest absolute Gasteiger partial charge is 0.481 e. The van der Waals surface area contributed by atoms with Gasteiger partial charge in [-0.3, -0.25) is 9.59 Å². The van der Waals surface area contributed by atoms with Gasteiger partial charge in [-0.1, -0.05) is 6.92 Å². The Bertz CT molecular complexity index is 403. The molecule has 2 N–H and O–H groups in total. The lowest BCUT2D eigenvalue weighted by molar-refractivity contribution is -0.138. The molecule has 0 bridgehead atoms. The molecule has 0 fully saturated rings. The van der Waals surface area contributed by atoms with Crippen molar-refractivity contribution in [3.8, 4) is 0 Å². The van der Waals surface area contributed by atoms with Gasteiger partial charge in [0.05, 0.1) is 11.4 Å². The second-order valence-corrected chi connectivity index (χ2v) is 4.82. The van der Waals surface area contributed by atoms with Crippen LogP contribution in [-0.2, 0) is 9.59 Å². The predicted molar refractivity (Wildman–Crippen MR) is 65.1 cm³/mol.